The SMILES string of the molecule is Cc1cccc(CCC(CCc2cccc3occ(C(=O)ON)c(=O)c23)ON)c1C(=O)/C(=C\I)C(=O)ON. The Morgan fingerprint density at radius 2 is 1.66 bits per heavy atom. The van der Waals surface area contributed by atoms with Crippen molar-refractivity contribution in [1.82, 2.24) is 0 Å². The second kappa shape index (κ2) is 13.4. The fraction of sp³-hybridized carbons (Fsp3) is 0.231. The van der Waals surface area contributed by atoms with Crippen LogP contribution in [0.1, 0.15) is 50.2 Å². The van der Waals surface area contributed by atoms with Gasteiger partial charge in [0.2, 0.25) is 11.2 Å². The molecule has 0 saturated carbocycles. The van der Waals surface area contributed by atoms with Gasteiger partial charge in [-0.1, -0.05) is 52.9 Å². The molecule has 1 unspecified atom stereocenters. The summed E-state index contributed by atoms with van der Waals surface area (Å²) in [6.45, 7) is 1.77. The van der Waals surface area contributed by atoms with Crippen LogP contribution in [0.3, 0.4) is 0 Å². The van der Waals surface area contributed by atoms with E-state index in [0.29, 0.717) is 53.5 Å². The highest BCUT2D eigenvalue weighted by Crippen LogP contribution is 2.24. The zero-order valence-corrected chi connectivity index (χ0v) is 22.6. The molecular weight excluding hydrogens is 609 g/mol. The van der Waals surface area contributed by atoms with E-state index in [9.17, 15) is 19.2 Å². The van der Waals surface area contributed by atoms with Gasteiger partial charge in [0.1, 0.15) is 23.0 Å². The number of nitrogens with two attached hydrogens (primary N) is 3. The summed E-state index contributed by atoms with van der Waals surface area (Å²) in [5.74, 6) is 13.1. The molecule has 38 heavy (non-hydrogen) atoms. The number of carbonyl (C=O) groups is 3. The molecule has 0 spiro atoms. The lowest BCUT2D eigenvalue weighted by molar-refractivity contribution is -0.139. The van der Waals surface area contributed by atoms with Crippen LogP contribution in [0.2, 0.25) is 0 Å². The third-order valence-corrected chi connectivity index (χ3v) is 6.77. The molecule has 0 aliphatic rings. The van der Waals surface area contributed by atoms with Gasteiger partial charge in [0.05, 0.1) is 11.5 Å². The van der Waals surface area contributed by atoms with Crippen molar-refractivity contribution in [3.63, 3.8) is 0 Å². The highest BCUT2D eigenvalue weighted by atomic mass is 127. The lowest BCUT2D eigenvalue weighted by Crippen LogP contribution is -2.22. The number of benzene rings is 2. The van der Waals surface area contributed by atoms with Crippen LogP contribution >= 0.6 is 22.6 Å². The van der Waals surface area contributed by atoms with Crippen LogP contribution in [-0.4, -0.2) is 23.8 Å². The first-order chi connectivity index (χ1) is 18.3. The van der Waals surface area contributed by atoms with Gasteiger partial charge in [-0.05, 0) is 59.4 Å². The number of aryl methyl sites for hydroxylation is 3. The van der Waals surface area contributed by atoms with Crippen LogP contribution in [0.25, 0.3) is 11.0 Å². The first-order valence-corrected chi connectivity index (χ1v) is 12.7. The van der Waals surface area contributed by atoms with Crippen LogP contribution in [0.5, 0.6) is 0 Å². The van der Waals surface area contributed by atoms with Gasteiger partial charge >= 0.3 is 11.9 Å². The molecule has 3 rings (SSSR count). The minimum absolute atomic E-state index is 0.178. The summed E-state index contributed by atoms with van der Waals surface area (Å²) in [7, 11) is 0. The Bertz CT molecular complexity index is 1450. The molecule has 0 saturated heterocycles. The van der Waals surface area contributed by atoms with E-state index in [1.807, 2.05) is 6.07 Å². The maximum absolute atomic E-state index is 13.1. The smallest absolute Gasteiger partial charge is 0.363 e. The third-order valence-electron chi connectivity index (χ3n) is 6.15. The molecule has 1 heterocycles. The lowest BCUT2D eigenvalue weighted by atomic mass is 9.91. The van der Waals surface area contributed by atoms with Crippen molar-refractivity contribution in [2.24, 2.45) is 17.7 Å². The number of ketones is 1. The molecule has 3 aromatic rings. The van der Waals surface area contributed by atoms with Crippen molar-refractivity contribution in [3.05, 3.63) is 90.4 Å². The minimum Gasteiger partial charge on any atom is -0.463 e. The minimum atomic E-state index is -0.998. The number of hydrogen-bond donors (Lipinski definition) is 3. The topological polar surface area (TPSA) is 187 Å². The van der Waals surface area contributed by atoms with Crippen molar-refractivity contribution in [2.45, 2.75) is 38.7 Å². The number of carbonyl (C=O) groups excluding carboxylic acids is 3. The molecule has 0 amide bonds. The van der Waals surface area contributed by atoms with Crippen LogP contribution in [0, 0.1) is 6.92 Å². The van der Waals surface area contributed by atoms with Crippen LogP contribution in [0.4, 0.5) is 0 Å². The van der Waals surface area contributed by atoms with Crippen molar-refractivity contribution >= 4 is 51.3 Å². The van der Waals surface area contributed by atoms with Crippen LogP contribution < -0.4 is 23.1 Å². The molecule has 1 aromatic heterocycles. The first kappa shape index (κ1) is 29.1. The maximum atomic E-state index is 13.1. The highest BCUT2D eigenvalue weighted by Gasteiger charge is 2.25. The van der Waals surface area contributed by atoms with E-state index in [4.69, 9.17) is 26.9 Å². The van der Waals surface area contributed by atoms with E-state index < -0.39 is 29.3 Å². The monoisotopic (exact) mass is 635 g/mol. The zero-order valence-electron chi connectivity index (χ0n) is 20.4. The van der Waals surface area contributed by atoms with Gasteiger partial charge in [-0.25, -0.2) is 15.5 Å². The van der Waals surface area contributed by atoms with Gasteiger partial charge in [-0.3, -0.25) is 9.59 Å². The van der Waals surface area contributed by atoms with Gasteiger partial charge in [0.25, 0.3) is 0 Å². The van der Waals surface area contributed by atoms with Crippen LogP contribution in [-0.2, 0) is 32.1 Å². The summed E-state index contributed by atoms with van der Waals surface area (Å²) in [6, 6.07) is 10.5. The molecule has 1 atom stereocenters. The molecule has 0 aliphatic heterocycles. The molecule has 0 bridgehead atoms. The Labute approximate surface area is 230 Å². The number of halogens is 1. The molecule has 12 heteroatoms. The van der Waals surface area contributed by atoms with E-state index in [1.165, 1.54) is 4.08 Å². The molecule has 6 N–H and O–H groups in total. The summed E-state index contributed by atoms with van der Waals surface area (Å²) < 4.78 is 6.77. The van der Waals surface area contributed by atoms with Crippen molar-refractivity contribution < 1.29 is 33.3 Å². The van der Waals surface area contributed by atoms with Crippen LogP contribution in [0.15, 0.2) is 61.5 Å². The predicted molar refractivity (Wildman–Crippen MR) is 146 cm³/mol. The quantitative estimate of drug-likeness (QED) is 0.0702. The molecule has 2 aromatic carbocycles. The number of Topliss-reactive ketones (excluding diaryl/α,β-unsaturated/α-hetero) is 1. The van der Waals surface area contributed by atoms with Gasteiger partial charge in [-0.2, -0.15) is 11.8 Å². The summed E-state index contributed by atoms with van der Waals surface area (Å²) >= 11 is 1.79. The van der Waals surface area contributed by atoms with E-state index in [-0.39, 0.29) is 16.5 Å². The van der Waals surface area contributed by atoms with Crippen molar-refractivity contribution in [1.29, 1.82) is 0 Å². The summed E-state index contributed by atoms with van der Waals surface area (Å²) in [5, 5.41) is 0.239. The predicted octanol–water partition coefficient (Wildman–Crippen LogP) is 2.87. The normalized spacial score (nSPS) is 12.3. The summed E-state index contributed by atoms with van der Waals surface area (Å²) in [6.07, 6.45) is 2.24. The largest absolute Gasteiger partial charge is 0.463 e. The highest BCUT2D eigenvalue weighted by molar-refractivity contribution is 14.1. The van der Waals surface area contributed by atoms with Gasteiger partial charge in [0, 0.05) is 5.56 Å². The van der Waals surface area contributed by atoms with E-state index in [1.54, 1.807) is 59.8 Å². The third kappa shape index (κ3) is 6.34. The average molecular weight is 635 g/mol. The number of fused-ring (bicyclic) bond motifs is 1. The first-order valence-electron chi connectivity index (χ1n) is 11.4. The standard InChI is InChI=1S/C26H26IN3O8/c1-14-4-2-5-15(21(14)23(31)18(12-27)25(33)37-29)8-10-17(36-28)11-9-16-6-3-7-20-22(16)24(32)19(13-35-20)26(34)38-30/h2-7,12-13,17H,8-11,28-30H2,1H3/b18-12+. The summed E-state index contributed by atoms with van der Waals surface area (Å²) in [4.78, 5) is 63.5. The Kier molecular flexibility index (Phi) is 10.3. The Morgan fingerprint density at radius 3 is 2.29 bits per heavy atom. The second-order valence-electron chi connectivity index (χ2n) is 8.38. The molecule has 0 aliphatic carbocycles. The lowest BCUT2D eigenvalue weighted by Gasteiger charge is -2.17. The van der Waals surface area contributed by atoms with Crippen molar-refractivity contribution in [2.75, 3.05) is 0 Å². The van der Waals surface area contributed by atoms with E-state index >= 15 is 0 Å². The number of rotatable bonds is 11. The maximum Gasteiger partial charge on any atom is 0.363 e. The molecule has 200 valence electrons. The van der Waals surface area contributed by atoms with E-state index in [2.05, 4.69) is 9.68 Å². The van der Waals surface area contributed by atoms with Gasteiger partial charge in [0.15, 0.2) is 0 Å². The Hall–Kier alpha value is -3.43. The molecule has 11 nitrogen and oxygen atoms in total. The second-order valence-corrected chi connectivity index (χ2v) is 9.00. The Morgan fingerprint density at radius 1 is 1.00 bits per heavy atom. The fourth-order valence-electron chi connectivity index (χ4n) is 4.22. The zero-order chi connectivity index (χ0) is 27.8. The van der Waals surface area contributed by atoms with Gasteiger partial charge < -0.3 is 18.9 Å². The van der Waals surface area contributed by atoms with Gasteiger partial charge in [-0.15, -0.1) is 0 Å². The fourth-order valence-corrected chi connectivity index (χ4v) is 4.75. The Balaban J connectivity index is 1.81. The molecule has 0 radical (unpaired) electrons. The average Bonchev–Trinajstić information content (AvgIpc) is 2.93. The van der Waals surface area contributed by atoms with E-state index in [0.717, 1.165) is 6.26 Å². The number of hydrogen-bond acceptors (Lipinski definition) is 11. The summed E-state index contributed by atoms with van der Waals surface area (Å²) in [5.41, 5.74) is 1.67. The van der Waals surface area contributed by atoms with Crippen molar-refractivity contribution in [3.8, 4) is 0 Å². The molecular formula is C26H26IN3O8. The molecule has 0 fully saturated rings.